The van der Waals surface area contributed by atoms with Crippen LogP contribution >= 0.6 is 0 Å². The summed E-state index contributed by atoms with van der Waals surface area (Å²) >= 11 is 0. The third-order valence-electron chi connectivity index (χ3n) is 5.22. The first-order valence-corrected chi connectivity index (χ1v) is 9.98. The Morgan fingerprint density at radius 1 is 1.10 bits per heavy atom. The van der Waals surface area contributed by atoms with E-state index < -0.39 is 11.2 Å². The molecule has 31 heavy (non-hydrogen) atoms. The average molecular weight is 426 g/mol. The molecule has 0 atom stereocenters. The van der Waals surface area contributed by atoms with Gasteiger partial charge in [0.2, 0.25) is 0 Å². The summed E-state index contributed by atoms with van der Waals surface area (Å²) in [4.78, 5) is 55.8. The fourth-order valence-corrected chi connectivity index (χ4v) is 3.58. The Bertz CT molecular complexity index is 1220. The maximum Gasteiger partial charge on any atom is 0.409 e. The van der Waals surface area contributed by atoms with Crippen molar-refractivity contribution in [2.45, 2.75) is 13.5 Å². The second kappa shape index (κ2) is 8.50. The van der Waals surface area contributed by atoms with Crippen LogP contribution in [-0.4, -0.2) is 64.1 Å². The Morgan fingerprint density at radius 2 is 1.84 bits per heavy atom. The van der Waals surface area contributed by atoms with Gasteiger partial charge in [0.05, 0.1) is 30.3 Å². The summed E-state index contributed by atoms with van der Waals surface area (Å²) in [5.74, 6) is 0.256. The molecule has 0 aliphatic carbocycles. The van der Waals surface area contributed by atoms with Crippen LogP contribution < -0.4 is 11.2 Å². The SMILES string of the molecule is CCOC(=O)N1CCN(C(=O)c2ccc3c(=O)n(Cc4ccco4)c(=O)[nH]c3c2)CC1. The number of H-pyrrole nitrogens is 1. The van der Waals surface area contributed by atoms with Gasteiger partial charge < -0.3 is 23.9 Å². The van der Waals surface area contributed by atoms with Crippen LogP contribution in [0.15, 0.2) is 50.6 Å². The minimum absolute atomic E-state index is 0.0164. The van der Waals surface area contributed by atoms with Crippen molar-refractivity contribution >= 4 is 22.9 Å². The van der Waals surface area contributed by atoms with Crippen molar-refractivity contribution in [1.29, 1.82) is 0 Å². The molecule has 1 aliphatic rings. The number of benzene rings is 1. The molecule has 0 spiro atoms. The van der Waals surface area contributed by atoms with Crippen LogP contribution in [0.2, 0.25) is 0 Å². The fourth-order valence-electron chi connectivity index (χ4n) is 3.58. The number of amides is 2. The summed E-state index contributed by atoms with van der Waals surface area (Å²) in [5.41, 5.74) is -0.392. The summed E-state index contributed by atoms with van der Waals surface area (Å²) in [5, 5.41) is 0.301. The molecule has 10 heteroatoms. The van der Waals surface area contributed by atoms with Gasteiger partial charge in [-0.05, 0) is 37.3 Å². The minimum Gasteiger partial charge on any atom is -0.467 e. The van der Waals surface area contributed by atoms with Gasteiger partial charge in [-0.1, -0.05) is 0 Å². The van der Waals surface area contributed by atoms with Crippen LogP contribution in [0.5, 0.6) is 0 Å². The van der Waals surface area contributed by atoms with Crippen LogP contribution in [-0.2, 0) is 11.3 Å². The van der Waals surface area contributed by atoms with Crippen LogP contribution in [0.4, 0.5) is 4.79 Å². The van der Waals surface area contributed by atoms with E-state index in [4.69, 9.17) is 9.15 Å². The maximum atomic E-state index is 12.9. The number of aromatic amines is 1. The van der Waals surface area contributed by atoms with Gasteiger partial charge in [0.25, 0.3) is 11.5 Å². The number of furan rings is 1. The van der Waals surface area contributed by atoms with E-state index in [1.807, 2.05) is 0 Å². The molecule has 1 fully saturated rings. The number of rotatable bonds is 4. The van der Waals surface area contributed by atoms with Crippen molar-refractivity contribution in [2.24, 2.45) is 0 Å². The number of hydrogen-bond donors (Lipinski definition) is 1. The largest absolute Gasteiger partial charge is 0.467 e. The number of carbonyl (C=O) groups excluding carboxylic acids is 2. The lowest BCUT2D eigenvalue weighted by atomic mass is 10.1. The average Bonchev–Trinajstić information content (AvgIpc) is 3.29. The Labute approximate surface area is 176 Å². The highest BCUT2D eigenvalue weighted by atomic mass is 16.6. The first-order valence-electron chi connectivity index (χ1n) is 9.98. The molecule has 4 rings (SSSR count). The number of ether oxygens (including phenoxy) is 1. The summed E-state index contributed by atoms with van der Waals surface area (Å²) in [7, 11) is 0. The van der Waals surface area contributed by atoms with Crippen LogP contribution in [0.1, 0.15) is 23.0 Å². The molecule has 0 unspecified atom stereocenters. The molecule has 3 heterocycles. The second-order valence-electron chi connectivity index (χ2n) is 7.14. The zero-order valence-electron chi connectivity index (χ0n) is 17.0. The van der Waals surface area contributed by atoms with E-state index in [2.05, 4.69) is 4.98 Å². The number of hydrogen-bond acceptors (Lipinski definition) is 6. The molecule has 1 aliphatic heterocycles. The molecular weight excluding hydrogens is 404 g/mol. The monoisotopic (exact) mass is 426 g/mol. The standard InChI is InChI=1S/C21H22N4O6/c1-2-30-21(29)24-9-7-23(8-10-24)18(26)14-5-6-16-17(12-14)22-20(28)25(19(16)27)13-15-4-3-11-31-15/h3-6,11-12H,2,7-10,13H2,1H3,(H,22,28). The summed E-state index contributed by atoms with van der Waals surface area (Å²) in [6.07, 6.45) is 1.09. The van der Waals surface area contributed by atoms with E-state index in [0.717, 1.165) is 4.57 Å². The number of aromatic nitrogens is 2. The van der Waals surface area contributed by atoms with Gasteiger partial charge in [-0.15, -0.1) is 0 Å². The predicted octanol–water partition coefficient (Wildman–Crippen LogP) is 1.25. The first-order chi connectivity index (χ1) is 15.0. The van der Waals surface area contributed by atoms with Crippen molar-refractivity contribution in [1.82, 2.24) is 19.4 Å². The van der Waals surface area contributed by atoms with Crippen molar-refractivity contribution in [3.05, 3.63) is 68.8 Å². The van der Waals surface area contributed by atoms with Gasteiger partial charge in [0.1, 0.15) is 5.76 Å². The van der Waals surface area contributed by atoms with E-state index in [-0.39, 0.29) is 18.5 Å². The van der Waals surface area contributed by atoms with E-state index in [9.17, 15) is 19.2 Å². The second-order valence-corrected chi connectivity index (χ2v) is 7.14. The van der Waals surface area contributed by atoms with Gasteiger partial charge in [-0.25, -0.2) is 9.59 Å². The van der Waals surface area contributed by atoms with Crippen molar-refractivity contribution < 1.29 is 18.7 Å². The maximum absolute atomic E-state index is 12.9. The number of nitrogens with zero attached hydrogens (tertiary/aromatic N) is 3. The molecule has 2 amide bonds. The molecule has 3 aromatic rings. The Kier molecular flexibility index (Phi) is 5.61. The Morgan fingerprint density at radius 3 is 2.52 bits per heavy atom. The van der Waals surface area contributed by atoms with Crippen LogP contribution in [0, 0.1) is 0 Å². The highest BCUT2D eigenvalue weighted by molar-refractivity contribution is 5.97. The Balaban J connectivity index is 1.54. The van der Waals surface area contributed by atoms with Crippen molar-refractivity contribution in [3.63, 3.8) is 0 Å². The van der Waals surface area contributed by atoms with E-state index in [1.54, 1.807) is 34.9 Å². The third-order valence-corrected chi connectivity index (χ3v) is 5.22. The molecule has 1 N–H and O–H groups in total. The number of nitrogens with one attached hydrogen (secondary N) is 1. The van der Waals surface area contributed by atoms with Gasteiger partial charge >= 0.3 is 11.8 Å². The summed E-state index contributed by atoms with van der Waals surface area (Å²) < 4.78 is 11.3. The quantitative estimate of drug-likeness (QED) is 0.671. The summed E-state index contributed by atoms with van der Waals surface area (Å²) in [6, 6.07) is 7.97. The van der Waals surface area contributed by atoms with E-state index >= 15 is 0 Å². The van der Waals surface area contributed by atoms with Gasteiger partial charge in [0, 0.05) is 31.7 Å². The molecule has 1 aromatic carbocycles. The first kappa shape index (κ1) is 20.5. The molecule has 0 radical (unpaired) electrons. The number of fused-ring (bicyclic) bond motifs is 1. The van der Waals surface area contributed by atoms with Crippen molar-refractivity contribution in [3.8, 4) is 0 Å². The van der Waals surface area contributed by atoms with Crippen LogP contribution in [0.25, 0.3) is 10.9 Å². The summed E-state index contributed by atoms with van der Waals surface area (Å²) in [6.45, 7) is 3.57. The highest BCUT2D eigenvalue weighted by Gasteiger charge is 2.25. The zero-order chi connectivity index (χ0) is 22.0. The predicted molar refractivity (Wildman–Crippen MR) is 111 cm³/mol. The van der Waals surface area contributed by atoms with E-state index in [1.165, 1.54) is 18.4 Å². The lowest BCUT2D eigenvalue weighted by Gasteiger charge is -2.34. The topological polar surface area (TPSA) is 118 Å². The molecule has 10 nitrogen and oxygen atoms in total. The van der Waals surface area contributed by atoms with E-state index in [0.29, 0.717) is 55.0 Å². The molecular formula is C21H22N4O6. The highest BCUT2D eigenvalue weighted by Crippen LogP contribution is 2.14. The fraction of sp³-hybridized carbons (Fsp3) is 0.333. The molecule has 0 saturated carbocycles. The van der Waals surface area contributed by atoms with Crippen molar-refractivity contribution in [2.75, 3.05) is 32.8 Å². The van der Waals surface area contributed by atoms with Gasteiger partial charge in [-0.2, -0.15) is 0 Å². The number of piperazine rings is 1. The normalized spacial score (nSPS) is 14.1. The van der Waals surface area contributed by atoms with Crippen LogP contribution in [0.3, 0.4) is 0 Å². The lowest BCUT2D eigenvalue weighted by molar-refractivity contribution is 0.0570. The Hall–Kier alpha value is -3.82. The smallest absolute Gasteiger partial charge is 0.409 e. The van der Waals surface area contributed by atoms with Gasteiger partial charge in [0.15, 0.2) is 0 Å². The molecule has 162 valence electrons. The van der Waals surface area contributed by atoms with Gasteiger partial charge in [-0.3, -0.25) is 14.2 Å². The molecule has 2 aromatic heterocycles. The minimum atomic E-state index is -0.582. The third kappa shape index (κ3) is 4.09. The number of carbonyl (C=O) groups is 2. The molecule has 1 saturated heterocycles. The lowest BCUT2D eigenvalue weighted by Crippen LogP contribution is -2.50. The molecule has 0 bridgehead atoms. The zero-order valence-corrected chi connectivity index (χ0v) is 17.0.